The summed E-state index contributed by atoms with van der Waals surface area (Å²) in [6.45, 7) is 3.11. The van der Waals surface area contributed by atoms with E-state index in [4.69, 9.17) is 0 Å². The Bertz CT molecular complexity index is 554. The van der Waals surface area contributed by atoms with Gasteiger partial charge in [-0.2, -0.15) is 0 Å². The Morgan fingerprint density at radius 1 is 1.33 bits per heavy atom. The maximum atomic E-state index is 11.9. The smallest absolute Gasteiger partial charge is 0.230 e. The Labute approximate surface area is 129 Å². The van der Waals surface area contributed by atoms with Crippen molar-refractivity contribution < 1.29 is 4.79 Å². The second-order valence-corrected chi connectivity index (χ2v) is 5.89. The van der Waals surface area contributed by atoms with Crippen LogP contribution in [0.15, 0.2) is 29.6 Å². The molecule has 0 aromatic carbocycles. The zero-order chi connectivity index (χ0) is 15.1. The van der Waals surface area contributed by atoms with Crippen LogP contribution in [0, 0.1) is 0 Å². The van der Waals surface area contributed by atoms with Gasteiger partial charge in [0, 0.05) is 18.5 Å². The van der Waals surface area contributed by atoms with Crippen LogP contribution in [-0.4, -0.2) is 29.7 Å². The van der Waals surface area contributed by atoms with Crippen LogP contribution in [0.1, 0.15) is 24.6 Å². The summed E-state index contributed by atoms with van der Waals surface area (Å²) in [5.74, 6) is 1.24. The molecule has 0 bridgehead atoms. The average molecular weight is 304 g/mol. The molecule has 0 fully saturated rings. The summed E-state index contributed by atoms with van der Waals surface area (Å²) in [5, 5.41) is 12.9. The number of amides is 1. The molecule has 0 unspecified atom stereocenters. The highest BCUT2D eigenvalue weighted by Crippen LogP contribution is 2.13. The van der Waals surface area contributed by atoms with Crippen molar-refractivity contribution in [2.45, 2.75) is 26.2 Å². The van der Waals surface area contributed by atoms with Gasteiger partial charge in [-0.25, -0.2) is 0 Å². The second-order valence-electron chi connectivity index (χ2n) is 4.86. The number of aromatic nitrogens is 2. The molecule has 1 N–H and O–H groups in total. The molecule has 0 atom stereocenters. The average Bonchev–Trinajstić information content (AvgIpc) is 2.98. The van der Waals surface area contributed by atoms with Crippen LogP contribution in [0.5, 0.6) is 0 Å². The second kappa shape index (κ2) is 7.73. The van der Waals surface area contributed by atoms with Gasteiger partial charge in [-0.05, 0) is 30.0 Å². The highest BCUT2D eigenvalue weighted by Gasteiger charge is 2.07. The van der Waals surface area contributed by atoms with Crippen molar-refractivity contribution in [2.75, 3.05) is 23.8 Å². The lowest BCUT2D eigenvalue weighted by molar-refractivity contribution is -0.115. The summed E-state index contributed by atoms with van der Waals surface area (Å²) in [5.41, 5.74) is 0. The van der Waals surface area contributed by atoms with Crippen LogP contribution < -0.4 is 10.2 Å². The van der Waals surface area contributed by atoms with Gasteiger partial charge in [0.2, 0.25) is 5.91 Å². The van der Waals surface area contributed by atoms with E-state index in [0.717, 1.165) is 30.1 Å². The van der Waals surface area contributed by atoms with Crippen molar-refractivity contribution in [1.82, 2.24) is 10.2 Å². The molecule has 112 valence electrons. The molecule has 6 heteroatoms. The first kappa shape index (κ1) is 15.4. The molecule has 0 spiro atoms. The molecule has 21 heavy (non-hydrogen) atoms. The number of unbranched alkanes of at least 4 members (excludes halogenated alkanes) is 1. The Kier molecular flexibility index (Phi) is 5.68. The van der Waals surface area contributed by atoms with Gasteiger partial charge in [0.15, 0.2) is 11.6 Å². The fourth-order valence-corrected chi connectivity index (χ4v) is 2.57. The van der Waals surface area contributed by atoms with E-state index in [1.165, 1.54) is 0 Å². The van der Waals surface area contributed by atoms with Gasteiger partial charge in [-0.3, -0.25) is 4.79 Å². The van der Waals surface area contributed by atoms with E-state index in [-0.39, 0.29) is 5.91 Å². The summed E-state index contributed by atoms with van der Waals surface area (Å²) in [7, 11) is 1.99. The maximum absolute atomic E-state index is 11.9. The first-order valence-corrected chi connectivity index (χ1v) is 7.94. The third-order valence-electron chi connectivity index (χ3n) is 3.07. The number of rotatable bonds is 7. The van der Waals surface area contributed by atoms with Crippen LogP contribution in [0.4, 0.5) is 11.6 Å². The minimum Gasteiger partial charge on any atom is -0.358 e. The van der Waals surface area contributed by atoms with Crippen LogP contribution in [0.2, 0.25) is 0 Å². The van der Waals surface area contributed by atoms with Crippen molar-refractivity contribution >= 4 is 28.9 Å². The van der Waals surface area contributed by atoms with Crippen molar-refractivity contribution in [2.24, 2.45) is 0 Å². The monoisotopic (exact) mass is 304 g/mol. The molecule has 0 saturated heterocycles. The Balaban J connectivity index is 1.88. The SMILES string of the molecule is CCCCN(C)c1ccc(NC(=O)Cc2cccs2)nn1. The molecular formula is C15H20N4OS. The van der Waals surface area contributed by atoms with E-state index in [0.29, 0.717) is 12.2 Å². The lowest BCUT2D eigenvalue weighted by atomic mass is 10.3. The number of thiophene rings is 1. The van der Waals surface area contributed by atoms with Crippen LogP contribution in [0.3, 0.4) is 0 Å². The minimum atomic E-state index is -0.0705. The molecule has 2 aromatic heterocycles. The quantitative estimate of drug-likeness (QED) is 0.854. The van der Waals surface area contributed by atoms with Gasteiger partial charge in [0.25, 0.3) is 0 Å². The summed E-state index contributed by atoms with van der Waals surface area (Å²) >= 11 is 1.57. The Morgan fingerprint density at radius 3 is 2.81 bits per heavy atom. The molecule has 5 nitrogen and oxygen atoms in total. The molecule has 2 aromatic rings. The van der Waals surface area contributed by atoms with E-state index in [1.807, 2.05) is 30.6 Å². The maximum Gasteiger partial charge on any atom is 0.230 e. The fourth-order valence-electron chi connectivity index (χ4n) is 1.86. The summed E-state index contributed by atoms with van der Waals surface area (Å²) < 4.78 is 0. The predicted molar refractivity (Wildman–Crippen MR) is 86.9 cm³/mol. The molecule has 2 heterocycles. The predicted octanol–water partition coefficient (Wildman–Crippen LogP) is 2.96. The minimum absolute atomic E-state index is 0.0705. The molecule has 2 rings (SSSR count). The van der Waals surface area contributed by atoms with Crippen LogP contribution >= 0.6 is 11.3 Å². The lowest BCUT2D eigenvalue weighted by Gasteiger charge is -2.16. The number of anilines is 2. The van der Waals surface area contributed by atoms with Gasteiger partial charge in [0.1, 0.15) is 0 Å². The van der Waals surface area contributed by atoms with Gasteiger partial charge < -0.3 is 10.2 Å². The van der Waals surface area contributed by atoms with Gasteiger partial charge in [0.05, 0.1) is 6.42 Å². The summed E-state index contributed by atoms with van der Waals surface area (Å²) in [6.07, 6.45) is 2.64. The first-order chi connectivity index (χ1) is 10.2. The molecule has 1 amide bonds. The molecule has 0 radical (unpaired) electrons. The van der Waals surface area contributed by atoms with Gasteiger partial charge >= 0.3 is 0 Å². The molecule has 0 saturated carbocycles. The van der Waals surface area contributed by atoms with Crippen molar-refractivity contribution in [1.29, 1.82) is 0 Å². The molecule has 0 aliphatic heterocycles. The van der Waals surface area contributed by atoms with E-state index in [1.54, 1.807) is 17.4 Å². The van der Waals surface area contributed by atoms with E-state index >= 15 is 0 Å². The van der Waals surface area contributed by atoms with E-state index < -0.39 is 0 Å². The number of hydrogen-bond donors (Lipinski definition) is 1. The molecule has 0 aliphatic rings. The standard InChI is InChI=1S/C15H20N4OS/c1-3-4-9-19(2)14-8-7-13(17-18-14)16-15(20)11-12-6-5-10-21-12/h5-8,10H,3-4,9,11H2,1-2H3,(H,16,17,20). The zero-order valence-electron chi connectivity index (χ0n) is 12.4. The Hall–Kier alpha value is -1.95. The number of carbonyl (C=O) groups is 1. The molecule has 0 aliphatic carbocycles. The number of nitrogens with zero attached hydrogens (tertiary/aromatic N) is 3. The topological polar surface area (TPSA) is 58.1 Å². The van der Waals surface area contributed by atoms with E-state index in [9.17, 15) is 4.79 Å². The van der Waals surface area contributed by atoms with Crippen LogP contribution in [0.25, 0.3) is 0 Å². The lowest BCUT2D eigenvalue weighted by Crippen LogP contribution is -2.20. The number of hydrogen-bond acceptors (Lipinski definition) is 5. The largest absolute Gasteiger partial charge is 0.358 e. The van der Waals surface area contributed by atoms with Crippen molar-refractivity contribution in [3.63, 3.8) is 0 Å². The highest BCUT2D eigenvalue weighted by molar-refractivity contribution is 7.10. The van der Waals surface area contributed by atoms with Crippen molar-refractivity contribution in [3.05, 3.63) is 34.5 Å². The number of nitrogens with one attached hydrogen (secondary N) is 1. The first-order valence-electron chi connectivity index (χ1n) is 7.06. The van der Waals surface area contributed by atoms with Gasteiger partial charge in [-0.15, -0.1) is 21.5 Å². The summed E-state index contributed by atoms with van der Waals surface area (Å²) in [4.78, 5) is 15.0. The number of carbonyl (C=O) groups excluding carboxylic acids is 1. The highest BCUT2D eigenvalue weighted by atomic mass is 32.1. The zero-order valence-corrected chi connectivity index (χ0v) is 13.2. The normalized spacial score (nSPS) is 10.4. The Morgan fingerprint density at radius 2 is 2.19 bits per heavy atom. The van der Waals surface area contributed by atoms with E-state index in [2.05, 4.69) is 27.3 Å². The third kappa shape index (κ3) is 4.82. The summed E-state index contributed by atoms with van der Waals surface area (Å²) in [6, 6.07) is 7.55. The van der Waals surface area contributed by atoms with Gasteiger partial charge in [-0.1, -0.05) is 19.4 Å². The molecular weight excluding hydrogens is 284 g/mol. The van der Waals surface area contributed by atoms with Crippen LogP contribution in [-0.2, 0) is 11.2 Å². The van der Waals surface area contributed by atoms with Crippen molar-refractivity contribution in [3.8, 4) is 0 Å². The fraction of sp³-hybridized carbons (Fsp3) is 0.400. The third-order valence-corrected chi connectivity index (χ3v) is 3.95.